The lowest BCUT2D eigenvalue weighted by Gasteiger charge is -2.34. The summed E-state index contributed by atoms with van der Waals surface area (Å²) >= 11 is 0. The van der Waals surface area contributed by atoms with Crippen LogP contribution in [0.5, 0.6) is 5.75 Å². The Morgan fingerprint density at radius 2 is 1.77 bits per heavy atom. The van der Waals surface area contributed by atoms with Crippen LogP contribution in [-0.2, 0) is 16.0 Å². The number of phenolic OH excluding ortho intramolecular Hbond substituents is 1. The molecular formula is C24H30O6. The van der Waals surface area contributed by atoms with Crippen LogP contribution < -0.4 is 0 Å². The monoisotopic (exact) mass is 414 g/mol. The standard InChI is InChI=1S/C24H30O6/c1-24(2,3)11-20(29)22-19(28)10-15(16(12-25)23(22)30)8-13-7-14-5-4-6-17(26)21(14)18(27)9-13/h4-6,13,15-16,25-26,30H,7-12H2,1-3H3. The minimum Gasteiger partial charge on any atom is -0.511 e. The zero-order valence-electron chi connectivity index (χ0n) is 17.8. The lowest BCUT2D eigenvalue weighted by Crippen LogP contribution is -2.36. The van der Waals surface area contributed by atoms with Gasteiger partial charge in [-0.25, -0.2) is 0 Å². The summed E-state index contributed by atoms with van der Waals surface area (Å²) in [5.74, 6) is -2.34. The lowest BCUT2D eigenvalue weighted by atomic mass is 9.70. The predicted molar refractivity (Wildman–Crippen MR) is 111 cm³/mol. The summed E-state index contributed by atoms with van der Waals surface area (Å²) in [5, 5.41) is 30.6. The molecule has 6 heteroatoms. The third-order valence-electron chi connectivity index (χ3n) is 6.10. The zero-order chi connectivity index (χ0) is 22.2. The van der Waals surface area contributed by atoms with E-state index in [0.29, 0.717) is 18.4 Å². The van der Waals surface area contributed by atoms with Crippen LogP contribution in [0.1, 0.15) is 62.4 Å². The number of allylic oxidation sites excluding steroid dienone is 1. The van der Waals surface area contributed by atoms with Crippen molar-refractivity contribution in [3.8, 4) is 5.75 Å². The minimum absolute atomic E-state index is 0.0143. The van der Waals surface area contributed by atoms with Crippen LogP contribution in [0, 0.1) is 23.2 Å². The summed E-state index contributed by atoms with van der Waals surface area (Å²) in [6.07, 6.45) is 1.51. The van der Waals surface area contributed by atoms with Crippen molar-refractivity contribution < 1.29 is 29.7 Å². The Morgan fingerprint density at radius 1 is 1.07 bits per heavy atom. The maximum Gasteiger partial charge on any atom is 0.170 e. The molecule has 0 radical (unpaired) electrons. The number of rotatable bonds is 5. The van der Waals surface area contributed by atoms with Crippen molar-refractivity contribution in [1.82, 2.24) is 0 Å². The molecule has 6 nitrogen and oxygen atoms in total. The van der Waals surface area contributed by atoms with Crippen molar-refractivity contribution in [1.29, 1.82) is 0 Å². The van der Waals surface area contributed by atoms with E-state index in [9.17, 15) is 29.7 Å². The first-order chi connectivity index (χ1) is 14.0. The first-order valence-corrected chi connectivity index (χ1v) is 10.5. The van der Waals surface area contributed by atoms with E-state index in [0.717, 1.165) is 5.56 Å². The molecule has 0 saturated heterocycles. The third kappa shape index (κ3) is 4.48. The van der Waals surface area contributed by atoms with E-state index >= 15 is 0 Å². The van der Waals surface area contributed by atoms with Crippen LogP contribution in [0.25, 0.3) is 0 Å². The third-order valence-corrected chi connectivity index (χ3v) is 6.10. The van der Waals surface area contributed by atoms with E-state index in [1.165, 1.54) is 6.07 Å². The number of carbonyl (C=O) groups is 3. The molecule has 0 aromatic heterocycles. The number of hydrogen-bond acceptors (Lipinski definition) is 6. The quantitative estimate of drug-likeness (QED) is 0.636. The van der Waals surface area contributed by atoms with Crippen LogP contribution in [0.4, 0.5) is 0 Å². The Kier molecular flexibility index (Phi) is 6.18. The SMILES string of the molecule is CC(C)(C)CC(=O)C1=C(O)C(CO)C(CC2CC(=O)c3c(O)cccc3C2)CC1=O. The Bertz CT molecular complexity index is 905. The summed E-state index contributed by atoms with van der Waals surface area (Å²) in [6, 6.07) is 5.01. The Morgan fingerprint density at radius 3 is 2.40 bits per heavy atom. The largest absolute Gasteiger partial charge is 0.511 e. The molecule has 162 valence electrons. The molecule has 0 saturated carbocycles. The highest BCUT2D eigenvalue weighted by molar-refractivity contribution is 6.21. The summed E-state index contributed by atoms with van der Waals surface area (Å²) in [7, 11) is 0. The van der Waals surface area contributed by atoms with Crippen molar-refractivity contribution in [2.75, 3.05) is 6.61 Å². The normalized spacial score (nSPS) is 24.7. The molecule has 0 heterocycles. The molecule has 0 aliphatic heterocycles. The van der Waals surface area contributed by atoms with E-state index in [2.05, 4.69) is 0 Å². The van der Waals surface area contributed by atoms with Gasteiger partial charge in [0.25, 0.3) is 0 Å². The molecular weight excluding hydrogens is 384 g/mol. The number of hydrogen-bond donors (Lipinski definition) is 3. The number of carbonyl (C=O) groups excluding carboxylic acids is 3. The van der Waals surface area contributed by atoms with Gasteiger partial charge < -0.3 is 15.3 Å². The van der Waals surface area contributed by atoms with Crippen molar-refractivity contribution in [3.05, 3.63) is 40.7 Å². The zero-order valence-corrected chi connectivity index (χ0v) is 17.8. The maximum atomic E-state index is 12.7. The number of ketones is 3. The van der Waals surface area contributed by atoms with Crippen LogP contribution >= 0.6 is 0 Å². The number of benzene rings is 1. The molecule has 3 atom stereocenters. The van der Waals surface area contributed by atoms with Crippen molar-refractivity contribution >= 4 is 17.3 Å². The van der Waals surface area contributed by atoms with Gasteiger partial charge >= 0.3 is 0 Å². The van der Waals surface area contributed by atoms with E-state index in [1.807, 2.05) is 26.8 Å². The van der Waals surface area contributed by atoms with Gasteiger partial charge in [0, 0.05) is 25.2 Å². The average molecular weight is 414 g/mol. The fourth-order valence-corrected chi connectivity index (χ4v) is 4.81. The number of aliphatic hydroxyl groups excluding tert-OH is 2. The second-order valence-corrected chi connectivity index (χ2v) is 9.84. The molecule has 0 amide bonds. The lowest BCUT2D eigenvalue weighted by molar-refractivity contribution is -0.124. The first kappa shape index (κ1) is 22.2. The van der Waals surface area contributed by atoms with Gasteiger partial charge in [-0.1, -0.05) is 32.9 Å². The molecule has 3 rings (SSSR count). The highest BCUT2D eigenvalue weighted by atomic mass is 16.3. The number of aliphatic hydroxyl groups is 2. The molecule has 0 bridgehead atoms. The van der Waals surface area contributed by atoms with Gasteiger partial charge in [0.05, 0.1) is 17.7 Å². The fourth-order valence-electron chi connectivity index (χ4n) is 4.81. The summed E-state index contributed by atoms with van der Waals surface area (Å²) < 4.78 is 0. The molecule has 0 spiro atoms. The van der Waals surface area contributed by atoms with Gasteiger partial charge in [-0.05, 0) is 41.7 Å². The van der Waals surface area contributed by atoms with E-state index < -0.39 is 11.7 Å². The molecule has 30 heavy (non-hydrogen) atoms. The average Bonchev–Trinajstić information content (AvgIpc) is 2.59. The van der Waals surface area contributed by atoms with Crippen LogP contribution in [0.2, 0.25) is 0 Å². The molecule has 1 aromatic rings. The van der Waals surface area contributed by atoms with Crippen molar-refractivity contribution in [3.63, 3.8) is 0 Å². The van der Waals surface area contributed by atoms with Gasteiger partial charge in [0.1, 0.15) is 11.5 Å². The topological polar surface area (TPSA) is 112 Å². The Balaban J connectivity index is 1.81. The number of fused-ring (bicyclic) bond motifs is 1. The van der Waals surface area contributed by atoms with Gasteiger partial charge in [0.15, 0.2) is 17.3 Å². The van der Waals surface area contributed by atoms with Crippen LogP contribution in [0.15, 0.2) is 29.5 Å². The van der Waals surface area contributed by atoms with E-state index in [1.54, 1.807) is 6.07 Å². The maximum absolute atomic E-state index is 12.7. The minimum atomic E-state index is -0.692. The number of aromatic hydroxyl groups is 1. The Labute approximate surface area is 176 Å². The van der Waals surface area contributed by atoms with E-state index in [4.69, 9.17) is 0 Å². The fraction of sp³-hybridized carbons (Fsp3) is 0.542. The van der Waals surface area contributed by atoms with Gasteiger partial charge in [0.2, 0.25) is 0 Å². The second kappa shape index (κ2) is 8.34. The van der Waals surface area contributed by atoms with Crippen molar-refractivity contribution in [2.24, 2.45) is 23.2 Å². The van der Waals surface area contributed by atoms with Crippen LogP contribution in [0.3, 0.4) is 0 Å². The molecule has 2 aliphatic carbocycles. The second-order valence-electron chi connectivity index (χ2n) is 9.84. The number of Topliss-reactive ketones (excluding diaryl/α,β-unsaturated/α-hetero) is 3. The van der Waals surface area contributed by atoms with Gasteiger partial charge in [-0.3, -0.25) is 14.4 Å². The van der Waals surface area contributed by atoms with Gasteiger partial charge in [-0.15, -0.1) is 0 Å². The summed E-state index contributed by atoms with van der Waals surface area (Å²) in [4.78, 5) is 37.9. The molecule has 2 aliphatic rings. The van der Waals surface area contributed by atoms with Crippen molar-refractivity contribution in [2.45, 2.75) is 52.9 Å². The predicted octanol–water partition coefficient (Wildman–Crippen LogP) is 3.54. The highest BCUT2D eigenvalue weighted by Gasteiger charge is 2.41. The Hall–Kier alpha value is -2.47. The summed E-state index contributed by atoms with van der Waals surface area (Å²) in [6.45, 7) is 5.29. The molecule has 3 N–H and O–H groups in total. The van der Waals surface area contributed by atoms with Gasteiger partial charge in [-0.2, -0.15) is 0 Å². The summed E-state index contributed by atoms with van der Waals surface area (Å²) in [5.41, 5.74) is 0.650. The highest BCUT2D eigenvalue weighted by Crippen LogP contribution is 2.40. The van der Waals surface area contributed by atoms with E-state index in [-0.39, 0.29) is 71.8 Å². The molecule has 3 unspecified atom stereocenters. The number of phenols is 1. The van der Waals surface area contributed by atoms with Crippen LogP contribution in [-0.4, -0.2) is 39.3 Å². The molecule has 0 fully saturated rings. The first-order valence-electron chi connectivity index (χ1n) is 10.5. The smallest absolute Gasteiger partial charge is 0.170 e. The molecule has 1 aromatic carbocycles.